The molecule has 0 aliphatic carbocycles. The molecule has 0 amide bonds. The highest BCUT2D eigenvalue weighted by Gasteiger charge is 2.28. The molecule has 1 aromatic heterocycles. The monoisotopic (exact) mass is 241 g/mol. The summed E-state index contributed by atoms with van der Waals surface area (Å²) in [6, 6.07) is 6.54. The molecule has 90 valence electrons. The Balaban J connectivity index is 2.33. The SMILES string of the molecule is Nc1ccc(-c2nccn2CC(F)(F)F)cc1. The summed E-state index contributed by atoms with van der Waals surface area (Å²) in [6.45, 7) is -1.05. The zero-order valence-electron chi connectivity index (χ0n) is 8.78. The largest absolute Gasteiger partial charge is 0.406 e. The number of benzene rings is 1. The molecule has 0 aliphatic heterocycles. The van der Waals surface area contributed by atoms with Crippen LogP contribution in [0.2, 0.25) is 0 Å². The summed E-state index contributed by atoms with van der Waals surface area (Å²) in [5.74, 6) is 0.280. The molecule has 0 bridgehead atoms. The van der Waals surface area contributed by atoms with Gasteiger partial charge in [-0.15, -0.1) is 0 Å². The van der Waals surface area contributed by atoms with Crippen molar-refractivity contribution in [2.24, 2.45) is 0 Å². The number of hydrogen-bond acceptors (Lipinski definition) is 2. The molecule has 2 N–H and O–H groups in total. The summed E-state index contributed by atoms with van der Waals surface area (Å²) in [5, 5.41) is 0. The second-order valence-corrected chi connectivity index (χ2v) is 3.62. The lowest BCUT2D eigenvalue weighted by molar-refractivity contribution is -0.140. The number of imidazole rings is 1. The van der Waals surface area contributed by atoms with Crippen molar-refractivity contribution in [1.82, 2.24) is 9.55 Å². The third-order valence-corrected chi connectivity index (χ3v) is 2.23. The zero-order valence-corrected chi connectivity index (χ0v) is 8.78. The summed E-state index contributed by atoms with van der Waals surface area (Å²) in [7, 11) is 0. The summed E-state index contributed by atoms with van der Waals surface area (Å²) >= 11 is 0. The first-order chi connectivity index (χ1) is 7.96. The Morgan fingerprint density at radius 3 is 2.41 bits per heavy atom. The summed E-state index contributed by atoms with van der Waals surface area (Å²) in [4.78, 5) is 3.92. The summed E-state index contributed by atoms with van der Waals surface area (Å²) < 4.78 is 38.0. The van der Waals surface area contributed by atoms with Crippen LogP contribution < -0.4 is 5.73 Å². The van der Waals surface area contributed by atoms with Crippen LogP contribution in [0.4, 0.5) is 18.9 Å². The first kappa shape index (κ1) is 11.5. The molecular formula is C11H10F3N3. The van der Waals surface area contributed by atoms with Gasteiger partial charge in [-0.2, -0.15) is 13.2 Å². The molecule has 6 heteroatoms. The standard InChI is InChI=1S/C11H10F3N3/c12-11(13,14)7-17-6-5-16-10(17)8-1-3-9(15)4-2-8/h1-6H,7,15H2. The van der Waals surface area contributed by atoms with Gasteiger partial charge in [0.2, 0.25) is 0 Å². The van der Waals surface area contributed by atoms with E-state index in [9.17, 15) is 13.2 Å². The molecule has 2 rings (SSSR count). The van der Waals surface area contributed by atoms with Crippen LogP contribution in [0.25, 0.3) is 11.4 Å². The number of nitrogen functional groups attached to an aromatic ring is 1. The number of hydrogen-bond donors (Lipinski definition) is 1. The van der Waals surface area contributed by atoms with E-state index >= 15 is 0 Å². The molecular weight excluding hydrogens is 231 g/mol. The molecule has 0 saturated carbocycles. The van der Waals surface area contributed by atoms with E-state index in [2.05, 4.69) is 4.98 Å². The number of halogens is 3. The van der Waals surface area contributed by atoms with E-state index < -0.39 is 12.7 Å². The summed E-state index contributed by atoms with van der Waals surface area (Å²) in [5.41, 5.74) is 6.68. The Labute approximate surface area is 95.7 Å². The predicted octanol–water partition coefficient (Wildman–Crippen LogP) is 2.69. The quantitative estimate of drug-likeness (QED) is 0.821. The molecule has 0 spiro atoms. The molecule has 0 radical (unpaired) electrons. The smallest absolute Gasteiger partial charge is 0.399 e. The van der Waals surface area contributed by atoms with Gasteiger partial charge in [0, 0.05) is 23.6 Å². The van der Waals surface area contributed by atoms with Crippen molar-refractivity contribution in [2.45, 2.75) is 12.7 Å². The van der Waals surface area contributed by atoms with Crippen LogP contribution in [0.5, 0.6) is 0 Å². The van der Waals surface area contributed by atoms with E-state index in [1.54, 1.807) is 24.3 Å². The average molecular weight is 241 g/mol. The highest BCUT2D eigenvalue weighted by Crippen LogP contribution is 2.23. The fourth-order valence-electron chi connectivity index (χ4n) is 1.52. The van der Waals surface area contributed by atoms with Crippen molar-refractivity contribution >= 4 is 5.69 Å². The minimum atomic E-state index is -4.26. The van der Waals surface area contributed by atoms with Gasteiger partial charge in [0.05, 0.1) is 0 Å². The lowest BCUT2D eigenvalue weighted by atomic mass is 10.2. The molecule has 0 saturated heterocycles. The predicted molar refractivity (Wildman–Crippen MR) is 58.1 cm³/mol. The van der Waals surface area contributed by atoms with E-state index in [-0.39, 0.29) is 5.82 Å². The van der Waals surface area contributed by atoms with E-state index in [1.165, 1.54) is 12.4 Å². The second-order valence-electron chi connectivity index (χ2n) is 3.62. The zero-order chi connectivity index (χ0) is 12.5. The van der Waals surface area contributed by atoms with Gasteiger partial charge < -0.3 is 10.3 Å². The van der Waals surface area contributed by atoms with E-state index in [4.69, 9.17) is 5.73 Å². The molecule has 2 aromatic rings. The van der Waals surface area contributed by atoms with Crippen molar-refractivity contribution in [3.63, 3.8) is 0 Å². The van der Waals surface area contributed by atoms with Gasteiger partial charge in [0.1, 0.15) is 12.4 Å². The van der Waals surface area contributed by atoms with Crippen LogP contribution in [0.1, 0.15) is 0 Å². The first-order valence-corrected chi connectivity index (χ1v) is 4.89. The third kappa shape index (κ3) is 2.77. The minimum Gasteiger partial charge on any atom is -0.399 e. The Morgan fingerprint density at radius 1 is 1.18 bits per heavy atom. The number of nitrogens with zero attached hydrogens (tertiary/aromatic N) is 2. The van der Waals surface area contributed by atoms with Crippen LogP contribution in [0, 0.1) is 0 Å². The molecule has 3 nitrogen and oxygen atoms in total. The number of rotatable bonds is 2. The maximum absolute atomic E-state index is 12.3. The number of alkyl halides is 3. The Hall–Kier alpha value is -1.98. The van der Waals surface area contributed by atoms with Gasteiger partial charge in [-0.05, 0) is 24.3 Å². The van der Waals surface area contributed by atoms with Crippen LogP contribution >= 0.6 is 0 Å². The molecule has 0 aliphatic rings. The van der Waals surface area contributed by atoms with Crippen molar-refractivity contribution in [2.75, 3.05) is 5.73 Å². The fraction of sp³-hybridized carbons (Fsp3) is 0.182. The van der Waals surface area contributed by atoms with Gasteiger partial charge in [-0.3, -0.25) is 0 Å². The van der Waals surface area contributed by atoms with Gasteiger partial charge in [-0.1, -0.05) is 0 Å². The molecule has 0 atom stereocenters. The molecule has 0 unspecified atom stereocenters. The molecule has 1 heterocycles. The van der Waals surface area contributed by atoms with Gasteiger partial charge in [0.15, 0.2) is 0 Å². The van der Waals surface area contributed by atoms with Gasteiger partial charge in [-0.25, -0.2) is 4.98 Å². The Morgan fingerprint density at radius 2 is 1.82 bits per heavy atom. The first-order valence-electron chi connectivity index (χ1n) is 4.89. The van der Waals surface area contributed by atoms with Crippen LogP contribution in [0.3, 0.4) is 0 Å². The Bertz CT molecular complexity index is 499. The average Bonchev–Trinajstić information content (AvgIpc) is 2.64. The van der Waals surface area contributed by atoms with E-state index in [0.717, 1.165) is 4.57 Å². The van der Waals surface area contributed by atoms with Crippen LogP contribution in [-0.2, 0) is 6.54 Å². The number of anilines is 1. The second kappa shape index (κ2) is 4.12. The van der Waals surface area contributed by atoms with Crippen molar-refractivity contribution < 1.29 is 13.2 Å². The maximum Gasteiger partial charge on any atom is 0.406 e. The third-order valence-electron chi connectivity index (χ3n) is 2.23. The minimum absolute atomic E-state index is 0.280. The number of aromatic nitrogens is 2. The number of nitrogens with two attached hydrogens (primary N) is 1. The highest BCUT2D eigenvalue weighted by atomic mass is 19.4. The van der Waals surface area contributed by atoms with Crippen LogP contribution in [0.15, 0.2) is 36.7 Å². The topological polar surface area (TPSA) is 43.8 Å². The summed E-state index contributed by atoms with van der Waals surface area (Å²) in [6.07, 6.45) is -1.61. The molecule has 1 aromatic carbocycles. The fourth-order valence-corrected chi connectivity index (χ4v) is 1.52. The normalized spacial score (nSPS) is 11.7. The van der Waals surface area contributed by atoms with Crippen molar-refractivity contribution in [1.29, 1.82) is 0 Å². The maximum atomic E-state index is 12.3. The molecule has 17 heavy (non-hydrogen) atoms. The van der Waals surface area contributed by atoms with Crippen LogP contribution in [-0.4, -0.2) is 15.7 Å². The molecule has 0 fully saturated rings. The van der Waals surface area contributed by atoms with E-state index in [0.29, 0.717) is 11.3 Å². The van der Waals surface area contributed by atoms with Gasteiger partial charge >= 0.3 is 6.18 Å². The van der Waals surface area contributed by atoms with Crippen molar-refractivity contribution in [3.8, 4) is 11.4 Å². The Kier molecular flexibility index (Phi) is 2.79. The lowest BCUT2D eigenvalue weighted by Gasteiger charge is -2.10. The van der Waals surface area contributed by atoms with E-state index in [1.807, 2.05) is 0 Å². The lowest BCUT2D eigenvalue weighted by Crippen LogP contribution is -2.17. The van der Waals surface area contributed by atoms with Crippen molar-refractivity contribution in [3.05, 3.63) is 36.7 Å². The van der Waals surface area contributed by atoms with Gasteiger partial charge in [0.25, 0.3) is 0 Å². The highest BCUT2D eigenvalue weighted by molar-refractivity contribution is 5.59.